The third-order valence-electron chi connectivity index (χ3n) is 12.7. The van der Waals surface area contributed by atoms with Crippen LogP contribution in [0.3, 0.4) is 0 Å². The van der Waals surface area contributed by atoms with Crippen molar-refractivity contribution in [3.63, 3.8) is 0 Å². The summed E-state index contributed by atoms with van der Waals surface area (Å²) in [5.74, 6) is 0. The van der Waals surface area contributed by atoms with Gasteiger partial charge in [-0.2, -0.15) is 0 Å². The summed E-state index contributed by atoms with van der Waals surface area (Å²) in [7, 11) is 0. The number of ether oxygens (including phenoxy) is 9. The average molecular weight is 970 g/mol. The van der Waals surface area contributed by atoms with Crippen molar-refractivity contribution < 1.29 is 140 Å². The maximum absolute atomic E-state index is 11.2. The monoisotopic (exact) mass is 969 g/mol. The van der Waals surface area contributed by atoms with E-state index >= 15 is 0 Å². The molecular weight excluding hydrogens is 906 g/mol. The van der Waals surface area contributed by atoms with Crippen LogP contribution in [0, 0.1) is 0 Å². The minimum Gasteiger partial charge on any atom is -0.394 e. The quantitative estimate of drug-likeness (QED) is 0.0678. The molecule has 29 atom stereocenters. The Bertz CT molecular complexity index is 1550. The van der Waals surface area contributed by atoms with Crippen molar-refractivity contribution in [1.29, 1.82) is 0 Å². The van der Waals surface area contributed by atoms with Crippen molar-refractivity contribution in [2.24, 2.45) is 0 Å². The van der Waals surface area contributed by atoms with Crippen molar-refractivity contribution >= 4 is 0 Å². The highest BCUT2D eigenvalue weighted by molar-refractivity contribution is 5.22. The standard InChI is InChI=1S/C37H63NO28/c1-8-15(38-10-2-9(3-39)16(44)20(48)17(10)45)19(47)25(53)33(58-8)63-30-12(5-41)60-34(27(55)22(30)50)64-31-13(6-42)61-35(28(56)23(31)51)65-32-14(7-43)62-37(29(57)24(32)52)66-36-26(54)21(49)18(46)11(4-40)59-36/h2,8,10-57H,3-7H2,1H3/t8-,10+,11-,12-,13-,14-,15-,16-,17+,18-,19+,20+,21+,22-,23-,24-,25-,26-,27-,28-,29-,30-,31-,32-,33-,34-,35?,36-,37-/m1/s1. The second-order valence-electron chi connectivity index (χ2n) is 17.0. The molecule has 0 aromatic heterocycles. The molecule has 29 heteroatoms. The van der Waals surface area contributed by atoms with Gasteiger partial charge in [0.25, 0.3) is 0 Å². The van der Waals surface area contributed by atoms with Crippen LogP contribution in [0.2, 0.25) is 0 Å². The van der Waals surface area contributed by atoms with E-state index < -0.39 is 211 Å². The van der Waals surface area contributed by atoms with Gasteiger partial charge in [0.05, 0.1) is 51.2 Å². The van der Waals surface area contributed by atoms with E-state index in [-0.39, 0.29) is 5.57 Å². The van der Waals surface area contributed by atoms with Crippen LogP contribution < -0.4 is 5.32 Å². The predicted molar refractivity (Wildman–Crippen MR) is 203 cm³/mol. The Morgan fingerprint density at radius 2 is 0.773 bits per heavy atom. The molecule has 6 rings (SSSR count). The van der Waals surface area contributed by atoms with Crippen LogP contribution in [0.5, 0.6) is 0 Å². The van der Waals surface area contributed by atoms with Gasteiger partial charge >= 0.3 is 0 Å². The van der Waals surface area contributed by atoms with Crippen LogP contribution in [0.15, 0.2) is 11.6 Å². The fourth-order valence-electron chi connectivity index (χ4n) is 8.71. The highest BCUT2D eigenvalue weighted by Gasteiger charge is 2.56. The van der Waals surface area contributed by atoms with Gasteiger partial charge in [-0.05, 0) is 12.5 Å². The Labute approximate surface area is 374 Å². The topological polar surface area (TPSA) is 479 Å². The molecule has 0 radical (unpaired) electrons. The zero-order chi connectivity index (χ0) is 48.6. The number of rotatable bonds is 15. The average Bonchev–Trinajstić information content (AvgIpc) is 3.30. The van der Waals surface area contributed by atoms with Gasteiger partial charge in [-0.25, -0.2) is 0 Å². The van der Waals surface area contributed by atoms with E-state index in [4.69, 9.17) is 42.6 Å². The van der Waals surface area contributed by atoms with Gasteiger partial charge < -0.3 is 145 Å². The van der Waals surface area contributed by atoms with Gasteiger partial charge in [-0.3, -0.25) is 0 Å². The molecule has 0 bridgehead atoms. The number of hydrogen-bond acceptors (Lipinski definition) is 29. The minimum absolute atomic E-state index is 0.0208. The Balaban J connectivity index is 1.06. The van der Waals surface area contributed by atoms with E-state index in [0.29, 0.717) is 0 Å². The molecule has 5 saturated heterocycles. The normalized spacial score (nSPS) is 52.8. The summed E-state index contributed by atoms with van der Waals surface area (Å²) in [6, 6.07) is -2.31. The summed E-state index contributed by atoms with van der Waals surface area (Å²) >= 11 is 0. The molecule has 0 aromatic rings. The van der Waals surface area contributed by atoms with E-state index in [9.17, 15) is 97.0 Å². The summed E-state index contributed by atoms with van der Waals surface area (Å²) in [5, 5.41) is 202. The number of hydrogen-bond donors (Lipinski definition) is 20. The Hall–Kier alpha value is -1.42. The lowest BCUT2D eigenvalue weighted by Crippen LogP contribution is -2.69. The molecule has 5 fully saturated rings. The third kappa shape index (κ3) is 10.7. The molecule has 6 aliphatic rings. The fourth-order valence-corrected chi connectivity index (χ4v) is 8.71. The molecule has 20 N–H and O–H groups in total. The molecule has 5 heterocycles. The molecule has 0 aromatic carbocycles. The molecule has 0 amide bonds. The molecule has 1 aliphatic carbocycles. The van der Waals surface area contributed by atoms with Crippen molar-refractivity contribution in [2.45, 2.75) is 185 Å². The molecule has 5 aliphatic heterocycles. The number of aliphatic hydroxyl groups excluding tert-OH is 19. The highest BCUT2D eigenvalue weighted by Crippen LogP contribution is 2.36. The lowest BCUT2D eigenvalue weighted by Gasteiger charge is -2.49. The maximum Gasteiger partial charge on any atom is 0.189 e. The summed E-state index contributed by atoms with van der Waals surface area (Å²) in [6.07, 6.45) is -47.5. The zero-order valence-electron chi connectivity index (χ0n) is 35.0. The summed E-state index contributed by atoms with van der Waals surface area (Å²) in [4.78, 5) is 0. The molecule has 29 nitrogen and oxygen atoms in total. The fraction of sp³-hybridized carbons (Fsp3) is 0.946. The van der Waals surface area contributed by atoms with Gasteiger partial charge in [0.1, 0.15) is 128 Å². The van der Waals surface area contributed by atoms with E-state index in [2.05, 4.69) is 5.32 Å². The zero-order valence-corrected chi connectivity index (χ0v) is 35.0. The molecule has 384 valence electrons. The molecule has 0 saturated carbocycles. The SMILES string of the molecule is C[C@H]1O[C@H](O[C@H]2[C@H](O)[C@@H](O)[C@@H](O[C@H]3[C@H](O)[C@@H](O)C(O[C@H]4[C@H](O)[C@@H](O)[C@@H](O[C@H]5O[C@H](CO)[C@@H](O)[C@H](O)[C@H]5O)O[C@@H]4CO)O[C@@H]3CO)O[C@@H]2CO)[C@H](O)[C@@H](O)[C@@H]1N[C@H]1C=C(CO)[C@@H](O)[C@H](O)[C@H]1O. The number of nitrogens with one attached hydrogen (secondary N) is 1. The summed E-state index contributed by atoms with van der Waals surface area (Å²) < 4.78 is 50.2. The first-order chi connectivity index (χ1) is 31.2. The maximum atomic E-state index is 11.2. The summed E-state index contributed by atoms with van der Waals surface area (Å²) in [5.41, 5.74) is -0.0208. The van der Waals surface area contributed by atoms with E-state index in [0.717, 1.165) is 0 Å². The van der Waals surface area contributed by atoms with Gasteiger partial charge in [-0.1, -0.05) is 6.08 Å². The van der Waals surface area contributed by atoms with Crippen molar-refractivity contribution in [1.82, 2.24) is 5.32 Å². The second-order valence-corrected chi connectivity index (χ2v) is 17.0. The van der Waals surface area contributed by atoms with Gasteiger partial charge in [0, 0.05) is 0 Å². The third-order valence-corrected chi connectivity index (χ3v) is 12.7. The molecule has 1 unspecified atom stereocenters. The van der Waals surface area contributed by atoms with Crippen LogP contribution in [-0.2, 0) is 42.6 Å². The second kappa shape index (κ2) is 22.8. The Morgan fingerprint density at radius 1 is 0.409 bits per heavy atom. The van der Waals surface area contributed by atoms with Gasteiger partial charge in [-0.15, -0.1) is 0 Å². The highest BCUT2D eigenvalue weighted by atomic mass is 16.8. The van der Waals surface area contributed by atoms with Gasteiger partial charge in [0.2, 0.25) is 0 Å². The van der Waals surface area contributed by atoms with Crippen LogP contribution in [0.25, 0.3) is 0 Å². The minimum atomic E-state index is -2.14. The Morgan fingerprint density at radius 3 is 1.18 bits per heavy atom. The Kier molecular flexibility index (Phi) is 18.6. The first-order valence-electron chi connectivity index (χ1n) is 21.2. The smallest absolute Gasteiger partial charge is 0.189 e. The number of aliphatic hydroxyl groups is 19. The lowest BCUT2D eigenvalue weighted by atomic mass is 9.86. The van der Waals surface area contributed by atoms with Crippen molar-refractivity contribution in [3.05, 3.63) is 11.6 Å². The first kappa shape index (κ1) is 53.9. The van der Waals surface area contributed by atoms with Crippen LogP contribution >= 0.6 is 0 Å². The predicted octanol–water partition coefficient (Wildman–Crippen LogP) is -12.9. The van der Waals surface area contributed by atoms with Crippen LogP contribution in [0.1, 0.15) is 6.92 Å². The molecule has 0 spiro atoms. The largest absolute Gasteiger partial charge is 0.394 e. The van der Waals surface area contributed by atoms with Gasteiger partial charge in [0.15, 0.2) is 31.5 Å². The van der Waals surface area contributed by atoms with E-state index in [1.54, 1.807) is 0 Å². The van der Waals surface area contributed by atoms with E-state index in [1.165, 1.54) is 13.0 Å². The van der Waals surface area contributed by atoms with Crippen LogP contribution in [-0.4, -0.2) is 308 Å². The molecular formula is C37H63NO28. The lowest BCUT2D eigenvalue weighted by molar-refractivity contribution is -0.399. The van der Waals surface area contributed by atoms with E-state index in [1.807, 2.05) is 0 Å². The summed E-state index contributed by atoms with van der Waals surface area (Å²) in [6.45, 7) is -2.95. The van der Waals surface area contributed by atoms with Crippen LogP contribution in [0.4, 0.5) is 0 Å². The first-order valence-corrected chi connectivity index (χ1v) is 21.2. The van der Waals surface area contributed by atoms with Crippen molar-refractivity contribution in [2.75, 3.05) is 33.0 Å². The molecule has 66 heavy (non-hydrogen) atoms. The van der Waals surface area contributed by atoms with Crippen molar-refractivity contribution in [3.8, 4) is 0 Å².